The van der Waals surface area contributed by atoms with Crippen LogP contribution in [0.2, 0.25) is 0 Å². The van der Waals surface area contributed by atoms with Crippen LogP contribution in [-0.2, 0) is 19.0 Å². The third-order valence-electron chi connectivity index (χ3n) is 7.21. The van der Waals surface area contributed by atoms with Gasteiger partial charge in [-0.15, -0.1) is 0 Å². The van der Waals surface area contributed by atoms with Gasteiger partial charge in [-0.2, -0.15) is 0 Å². The maximum absolute atomic E-state index is 13.8. The van der Waals surface area contributed by atoms with Crippen molar-refractivity contribution in [3.63, 3.8) is 0 Å². The van der Waals surface area contributed by atoms with Crippen molar-refractivity contribution in [1.82, 2.24) is 0 Å². The SMILES string of the molecule is CC(=O)OC[C@@H]1O[C@@H](Oc2c(-c3ccc(O)c(O)c3)oc3cc(O[C@@H]4O[C@@H](C)[C@H](O)[C@@H](O)[C@H]4O)cc(O)c3c2=O)[C@H](O)[C@H]1O. The molecule has 0 saturated carbocycles. The van der Waals surface area contributed by atoms with Crippen LogP contribution in [0.5, 0.6) is 28.7 Å². The molecular formula is C28H30O16. The van der Waals surface area contributed by atoms with Crippen LogP contribution >= 0.6 is 0 Å². The molecule has 2 aliphatic rings. The van der Waals surface area contributed by atoms with E-state index in [0.717, 1.165) is 31.2 Å². The first kappa shape index (κ1) is 31.3. The number of hydrogen-bond donors (Lipinski definition) is 8. The number of aromatic hydroxyl groups is 3. The summed E-state index contributed by atoms with van der Waals surface area (Å²) in [5.74, 6) is -3.63. The summed E-state index contributed by atoms with van der Waals surface area (Å²) in [7, 11) is 0. The highest BCUT2D eigenvalue weighted by atomic mass is 16.7. The zero-order valence-corrected chi connectivity index (χ0v) is 23.1. The van der Waals surface area contributed by atoms with Crippen LogP contribution in [-0.4, -0.2) is 109 Å². The molecule has 1 aromatic heterocycles. The minimum absolute atomic E-state index is 0.0124. The molecular weight excluding hydrogens is 592 g/mol. The average molecular weight is 623 g/mol. The summed E-state index contributed by atoms with van der Waals surface area (Å²) in [6.07, 6.45) is -13.3. The van der Waals surface area contributed by atoms with E-state index >= 15 is 0 Å². The van der Waals surface area contributed by atoms with Gasteiger partial charge in [-0.1, -0.05) is 0 Å². The van der Waals surface area contributed by atoms with Gasteiger partial charge < -0.3 is 69.0 Å². The minimum atomic E-state index is -1.73. The molecule has 0 bridgehead atoms. The molecule has 2 aromatic carbocycles. The van der Waals surface area contributed by atoms with E-state index in [1.54, 1.807) is 0 Å². The number of hydrogen-bond acceptors (Lipinski definition) is 16. The largest absolute Gasteiger partial charge is 0.507 e. The molecule has 44 heavy (non-hydrogen) atoms. The van der Waals surface area contributed by atoms with Gasteiger partial charge in [0.25, 0.3) is 0 Å². The number of aliphatic hydroxyl groups is 5. The van der Waals surface area contributed by atoms with Gasteiger partial charge in [-0.3, -0.25) is 9.59 Å². The van der Waals surface area contributed by atoms with E-state index in [0.29, 0.717) is 0 Å². The fourth-order valence-electron chi connectivity index (χ4n) is 4.80. The highest BCUT2D eigenvalue weighted by molar-refractivity contribution is 5.88. The van der Waals surface area contributed by atoms with Gasteiger partial charge in [-0.25, -0.2) is 0 Å². The van der Waals surface area contributed by atoms with Crippen LogP contribution in [0.1, 0.15) is 13.8 Å². The number of benzene rings is 2. The van der Waals surface area contributed by atoms with Crippen LogP contribution in [0.3, 0.4) is 0 Å². The van der Waals surface area contributed by atoms with Crippen molar-refractivity contribution in [3.05, 3.63) is 40.6 Å². The van der Waals surface area contributed by atoms with Crippen molar-refractivity contribution in [1.29, 1.82) is 0 Å². The molecule has 16 heteroatoms. The highest BCUT2D eigenvalue weighted by Gasteiger charge is 2.46. The normalized spacial score (nSPS) is 30.3. The Morgan fingerprint density at radius 2 is 1.50 bits per heavy atom. The molecule has 0 amide bonds. The molecule has 2 fully saturated rings. The number of rotatable bonds is 7. The molecule has 0 spiro atoms. The van der Waals surface area contributed by atoms with E-state index in [2.05, 4.69) is 0 Å². The lowest BCUT2D eigenvalue weighted by Gasteiger charge is -2.38. The summed E-state index contributed by atoms with van der Waals surface area (Å²) in [4.78, 5) is 24.9. The summed E-state index contributed by atoms with van der Waals surface area (Å²) in [6, 6.07) is 5.54. The molecule has 0 aliphatic carbocycles. The van der Waals surface area contributed by atoms with E-state index in [9.17, 15) is 50.4 Å². The number of aliphatic hydroxyl groups excluding tert-OH is 5. The van der Waals surface area contributed by atoms with E-state index in [-0.39, 0.29) is 22.7 Å². The Morgan fingerprint density at radius 3 is 2.18 bits per heavy atom. The van der Waals surface area contributed by atoms with E-state index in [1.165, 1.54) is 13.0 Å². The standard InChI is InChI=1S/C28H30O16/c1-9-19(33)22(36)24(38)27(40-9)41-12-6-15(32)18-16(7-12)42-25(11-3-4-13(30)14(31)5-11)26(21(18)35)44-28-23(37)20(34)17(43-28)8-39-10(2)29/h3-7,9,17,19-20,22-24,27-28,30-34,36-38H,8H2,1-2H3/t9-,17-,19-,20-,22+,23+,24+,27-,28-/m0/s1. The van der Waals surface area contributed by atoms with Crippen molar-refractivity contribution < 1.29 is 73.7 Å². The van der Waals surface area contributed by atoms with Crippen molar-refractivity contribution in [2.45, 2.75) is 69.2 Å². The first-order chi connectivity index (χ1) is 20.8. The lowest BCUT2D eigenvalue weighted by molar-refractivity contribution is -0.268. The third-order valence-corrected chi connectivity index (χ3v) is 7.21. The van der Waals surface area contributed by atoms with E-state index < -0.39 is 102 Å². The van der Waals surface area contributed by atoms with Crippen LogP contribution < -0.4 is 14.9 Å². The van der Waals surface area contributed by atoms with Crippen LogP contribution in [0.25, 0.3) is 22.3 Å². The topological polar surface area (TPSA) is 255 Å². The number of esters is 1. The molecule has 0 radical (unpaired) electrons. The Morgan fingerprint density at radius 1 is 0.818 bits per heavy atom. The van der Waals surface area contributed by atoms with Gasteiger partial charge in [0.2, 0.25) is 23.8 Å². The van der Waals surface area contributed by atoms with Gasteiger partial charge in [0.05, 0.1) is 6.10 Å². The Bertz CT molecular complexity index is 1600. The first-order valence-corrected chi connectivity index (χ1v) is 13.3. The second-order valence-corrected chi connectivity index (χ2v) is 10.4. The average Bonchev–Trinajstić information content (AvgIpc) is 3.23. The van der Waals surface area contributed by atoms with Crippen LogP contribution in [0.4, 0.5) is 0 Å². The number of fused-ring (bicyclic) bond motifs is 1. The molecule has 3 heterocycles. The zero-order valence-electron chi connectivity index (χ0n) is 23.1. The Hall–Kier alpha value is -4.16. The molecule has 16 nitrogen and oxygen atoms in total. The van der Waals surface area contributed by atoms with Crippen LogP contribution in [0.15, 0.2) is 39.5 Å². The fourth-order valence-corrected chi connectivity index (χ4v) is 4.80. The van der Waals surface area contributed by atoms with Gasteiger partial charge in [0.1, 0.15) is 65.7 Å². The van der Waals surface area contributed by atoms with Crippen molar-refractivity contribution in [2.24, 2.45) is 0 Å². The maximum atomic E-state index is 13.8. The summed E-state index contributed by atoms with van der Waals surface area (Å²) < 4.78 is 32.9. The molecule has 3 aromatic rings. The number of carbonyl (C=O) groups is 1. The summed E-state index contributed by atoms with van der Waals surface area (Å²) >= 11 is 0. The molecule has 2 aliphatic heterocycles. The van der Waals surface area contributed by atoms with Crippen LogP contribution in [0, 0.1) is 0 Å². The quantitative estimate of drug-likeness (QED) is 0.118. The van der Waals surface area contributed by atoms with Gasteiger partial charge >= 0.3 is 5.97 Å². The highest BCUT2D eigenvalue weighted by Crippen LogP contribution is 2.40. The van der Waals surface area contributed by atoms with E-state index in [1.807, 2.05) is 0 Å². The summed E-state index contributed by atoms with van der Waals surface area (Å²) in [6.45, 7) is 2.14. The fraction of sp³-hybridized carbons (Fsp3) is 0.429. The maximum Gasteiger partial charge on any atom is 0.302 e. The molecule has 5 rings (SSSR count). The van der Waals surface area contributed by atoms with Crippen molar-refractivity contribution in [3.8, 4) is 40.1 Å². The Labute approximate surface area is 247 Å². The predicted octanol–water partition coefficient (Wildman–Crippen LogP) is -0.828. The number of phenols is 3. The number of ether oxygens (including phenoxy) is 5. The summed E-state index contributed by atoms with van der Waals surface area (Å²) in [5, 5.41) is 81.6. The molecule has 9 atom stereocenters. The first-order valence-electron chi connectivity index (χ1n) is 13.3. The smallest absolute Gasteiger partial charge is 0.302 e. The second kappa shape index (κ2) is 12.1. The van der Waals surface area contributed by atoms with Crippen molar-refractivity contribution in [2.75, 3.05) is 6.61 Å². The van der Waals surface area contributed by atoms with E-state index in [4.69, 9.17) is 28.1 Å². The van der Waals surface area contributed by atoms with Gasteiger partial charge in [0, 0.05) is 24.6 Å². The number of carbonyl (C=O) groups excluding carboxylic acids is 1. The molecule has 2 saturated heterocycles. The van der Waals surface area contributed by atoms with Gasteiger partial charge in [0.15, 0.2) is 17.3 Å². The van der Waals surface area contributed by atoms with Gasteiger partial charge in [-0.05, 0) is 25.1 Å². The molecule has 8 N–H and O–H groups in total. The monoisotopic (exact) mass is 622 g/mol. The Kier molecular flexibility index (Phi) is 8.59. The van der Waals surface area contributed by atoms with Crippen molar-refractivity contribution >= 4 is 16.9 Å². The molecule has 238 valence electrons. The number of phenolic OH excluding ortho intramolecular Hbond substituents is 3. The third kappa shape index (κ3) is 5.83. The Balaban J connectivity index is 1.56. The molecule has 0 unspecified atom stereocenters. The lowest BCUT2D eigenvalue weighted by atomic mass is 10.00. The summed E-state index contributed by atoms with van der Waals surface area (Å²) in [5.41, 5.74) is -1.30. The second-order valence-electron chi connectivity index (χ2n) is 10.4. The lowest BCUT2D eigenvalue weighted by Crippen LogP contribution is -2.58. The predicted molar refractivity (Wildman–Crippen MR) is 144 cm³/mol. The minimum Gasteiger partial charge on any atom is -0.507 e. The zero-order chi connectivity index (χ0) is 32.0.